The van der Waals surface area contributed by atoms with Crippen LogP contribution in [-0.2, 0) is 9.59 Å². The fourth-order valence-electron chi connectivity index (χ4n) is 3.11. The zero-order valence-corrected chi connectivity index (χ0v) is 16.7. The molecule has 0 aliphatic carbocycles. The van der Waals surface area contributed by atoms with E-state index >= 15 is 0 Å². The lowest BCUT2D eigenvalue weighted by atomic mass is 10.1. The molecule has 1 aliphatic rings. The number of anilines is 3. The zero-order valence-electron chi connectivity index (χ0n) is 15.9. The topological polar surface area (TPSA) is 87.3 Å². The number of carbonyl (C=O) groups excluding carboxylic acids is 3. The third kappa shape index (κ3) is 4.52. The van der Waals surface area contributed by atoms with Gasteiger partial charge in [0.15, 0.2) is 0 Å². The van der Waals surface area contributed by atoms with E-state index in [-0.39, 0.29) is 24.1 Å². The maximum Gasteiger partial charge on any atom is 0.257 e. The Balaban J connectivity index is 1.44. The van der Waals surface area contributed by atoms with E-state index in [1.807, 2.05) is 42.5 Å². The first-order valence-corrected chi connectivity index (χ1v) is 10.3. The average molecular weight is 417 g/mol. The van der Waals surface area contributed by atoms with E-state index in [1.54, 1.807) is 36.4 Å². The third-order valence-electron chi connectivity index (χ3n) is 4.55. The number of nitrogens with one attached hydrogen (secondary N) is 3. The van der Waals surface area contributed by atoms with Gasteiger partial charge in [-0.15, -0.1) is 11.8 Å². The van der Waals surface area contributed by atoms with E-state index in [9.17, 15) is 14.4 Å². The minimum Gasteiger partial charge on any atom is -0.325 e. The number of rotatable bonds is 5. The fourth-order valence-corrected chi connectivity index (χ4v) is 4.22. The van der Waals surface area contributed by atoms with Gasteiger partial charge in [0.2, 0.25) is 11.8 Å². The first-order valence-electron chi connectivity index (χ1n) is 9.42. The number of amides is 3. The summed E-state index contributed by atoms with van der Waals surface area (Å²) in [6, 6.07) is 23.4. The van der Waals surface area contributed by atoms with E-state index in [0.717, 1.165) is 10.6 Å². The van der Waals surface area contributed by atoms with Crippen LogP contribution in [0.1, 0.15) is 16.8 Å². The molecule has 0 unspecified atom stereocenters. The van der Waals surface area contributed by atoms with Gasteiger partial charge in [0.25, 0.3) is 5.91 Å². The number of hydrogen-bond donors (Lipinski definition) is 3. The SMILES string of the molecule is O=C(C[C@H]1Sc2ccccc2NC1=O)Nc1ccccc1C(=O)Nc1ccccc1. The Hall–Kier alpha value is -3.58. The normalized spacial score (nSPS) is 14.9. The molecule has 6 nitrogen and oxygen atoms in total. The maximum atomic E-state index is 12.7. The van der Waals surface area contributed by atoms with Crippen molar-refractivity contribution in [2.24, 2.45) is 0 Å². The van der Waals surface area contributed by atoms with Gasteiger partial charge < -0.3 is 16.0 Å². The molecule has 0 bridgehead atoms. The number of para-hydroxylation sites is 3. The largest absolute Gasteiger partial charge is 0.325 e. The van der Waals surface area contributed by atoms with Crippen LogP contribution in [0.5, 0.6) is 0 Å². The number of fused-ring (bicyclic) bond motifs is 1. The van der Waals surface area contributed by atoms with Gasteiger partial charge in [-0.05, 0) is 36.4 Å². The Morgan fingerprint density at radius 1 is 0.867 bits per heavy atom. The van der Waals surface area contributed by atoms with Crippen LogP contribution >= 0.6 is 11.8 Å². The summed E-state index contributed by atoms with van der Waals surface area (Å²) in [5.41, 5.74) is 2.17. The van der Waals surface area contributed by atoms with Crippen molar-refractivity contribution in [1.82, 2.24) is 0 Å². The quantitative estimate of drug-likeness (QED) is 0.575. The molecule has 3 aromatic carbocycles. The summed E-state index contributed by atoms with van der Waals surface area (Å²) in [5, 5.41) is 7.88. The molecule has 3 N–H and O–H groups in total. The first-order chi connectivity index (χ1) is 14.6. The van der Waals surface area contributed by atoms with Crippen molar-refractivity contribution < 1.29 is 14.4 Å². The van der Waals surface area contributed by atoms with Crippen molar-refractivity contribution in [2.45, 2.75) is 16.6 Å². The van der Waals surface area contributed by atoms with E-state index in [1.165, 1.54) is 11.8 Å². The summed E-state index contributed by atoms with van der Waals surface area (Å²) < 4.78 is 0. The highest BCUT2D eigenvalue weighted by atomic mass is 32.2. The average Bonchev–Trinajstić information content (AvgIpc) is 2.75. The lowest BCUT2D eigenvalue weighted by Gasteiger charge is -2.23. The monoisotopic (exact) mass is 417 g/mol. The Kier molecular flexibility index (Phi) is 5.81. The summed E-state index contributed by atoms with van der Waals surface area (Å²) in [5.74, 6) is -0.859. The first kappa shape index (κ1) is 19.7. The van der Waals surface area contributed by atoms with Crippen LogP contribution in [0.2, 0.25) is 0 Å². The number of thioether (sulfide) groups is 1. The predicted octanol–water partition coefficient (Wildman–Crippen LogP) is 4.38. The molecule has 30 heavy (non-hydrogen) atoms. The lowest BCUT2D eigenvalue weighted by molar-refractivity contribution is -0.120. The summed E-state index contributed by atoms with van der Waals surface area (Å²) in [6.45, 7) is 0. The minimum atomic E-state index is -0.537. The Morgan fingerprint density at radius 3 is 2.40 bits per heavy atom. The van der Waals surface area contributed by atoms with Crippen LogP contribution in [0.4, 0.5) is 17.1 Å². The minimum absolute atomic E-state index is 0.000523. The smallest absolute Gasteiger partial charge is 0.257 e. The highest BCUT2D eigenvalue weighted by Gasteiger charge is 2.29. The second-order valence-electron chi connectivity index (χ2n) is 6.71. The number of carbonyl (C=O) groups is 3. The molecule has 0 saturated heterocycles. The van der Waals surface area contributed by atoms with Crippen molar-refractivity contribution in [3.63, 3.8) is 0 Å². The molecule has 150 valence electrons. The summed E-state index contributed by atoms with van der Waals surface area (Å²) in [6.07, 6.45) is -0.000523. The molecule has 1 aliphatic heterocycles. The van der Waals surface area contributed by atoms with Gasteiger partial charge in [0, 0.05) is 17.0 Å². The van der Waals surface area contributed by atoms with Crippen LogP contribution in [0, 0.1) is 0 Å². The molecule has 0 aromatic heterocycles. The van der Waals surface area contributed by atoms with Crippen molar-refractivity contribution in [2.75, 3.05) is 16.0 Å². The van der Waals surface area contributed by atoms with E-state index in [4.69, 9.17) is 0 Å². The van der Waals surface area contributed by atoms with Crippen LogP contribution < -0.4 is 16.0 Å². The Labute approximate surface area is 178 Å². The van der Waals surface area contributed by atoms with Crippen molar-refractivity contribution >= 4 is 46.5 Å². The molecule has 0 radical (unpaired) electrons. The van der Waals surface area contributed by atoms with Gasteiger partial charge >= 0.3 is 0 Å². The van der Waals surface area contributed by atoms with Crippen LogP contribution in [0.3, 0.4) is 0 Å². The number of hydrogen-bond acceptors (Lipinski definition) is 4. The molecular formula is C23H19N3O3S. The molecule has 0 fully saturated rings. The summed E-state index contributed by atoms with van der Waals surface area (Å²) >= 11 is 1.36. The Morgan fingerprint density at radius 2 is 1.57 bits per heavy atom. The molecule has 7 heteroatoms. The van der Waals surface area contributed by atoms with Gasteiger partial charge in [-0.1, -0.05) is 42.5 Å². The van der Waals surface area contributed by atoms with E-state index < -0.39 is 5.25 Å². The van der Waals surface area contributed by atoms with Crippen LogP contribution in [-0.4, -0.2) is 23.0 Å². The van der Waals surface area contributed by atoms with Gasteiger partial charge in [-0.25, -0.2) is 0 Å². The molecule has 3 amide bonds. The van der Waals surface area contributed by atoms with E-state index in [0.29, 0.717) is 16.9 Å². The van der Waals surface area contributed by atoms with Gasteiger partial charge in [-0.3, -0.25) is 14.4 Å². The van der Waals surface area contributed by atoms with Crippen molar-refractivity contribution in [3.05, 3.63) is 84.4 Å². The second-order valence-corrected chi connectivity index (χ2v) is 7.95. The molecule has 0 spiro atoms. The Bertz CT molecular complexity index is 1100. The van der Waals surface area contributed by atoms with Gasteiger partial charge in [0.05, 0.1) is 22.2 Å². The van der Waals surface area contributed by atoms with Crippen LogP contribution in [0.15, 0.2) is 83.8 Å². The van der Waals surface area contributed by atoms with Crippen molar-refractivity contribution in [3.8, 4) is 0 Å². The standard InChI is InChI=1S/C23H19N3O3S/c27-21(14-20-23(29)26-18-12-6-7-13-19(18)30-20)25-17-11-5-4-10-16(17)22(28)24-15-8-2-1-3-9-15/h1-13,20H,14H2,(H,24,28)(H,25,27)(H,26,29)/t20-/m1/s1. The van der Waals surface area contributed by atoms with Crippen LogP contribution in [0.25, 0.3) is 0 Å². The summed E-state index contributed by atoms with van der Waals surface area (Å²) in [4.78, 5) is 38.6. The highest BCUT2D eigenvalue weighted by Crippen LogP contribution is 2.36. The fraction of sp³-hybridized carbons (Fsp3) is 0.0870. The molecule has 1 atom stereocenters. The highest BCUT2D eigenvalue weighted by molar-refractivity contribution is 8.01. The third-order valence-corrected chi connectivity index (χ3v) is 5.83. The molecule has 4 rings (SSSR count). The van der Waals surface area contributed by atoms with Gasteiger partial charge in [0.1, 0.15) is 0 Å². The van der Waals surface area contributed by atoms with Gasteiger partial charge in [-0.2, -0.15) is 0 Å². The maximum absolute atomic E-state index is 12.7. The lowest BCUT2D eigenvalue weighted by Crippen LogP contribution is -2.32. The molecular weight excluding hydrogens is 398 g/mol. The zero-order chi connectivity index (χ0) is 20.9. The molecule has 0 saturated carbocycles. The summed E-state index contributed by atoms with van der Waals surface area (Å²) in [7, 11) is 0. The van der Waals surface area contributed by atoms with E-state index in [2.05, 4.69) is 16.0 Å². The van der Waals surface area contributed by atoms with Crippen molar-refractivity contribution in [1.29, 1.82) is 0 Å². The molecule has 1 heterocycles. The predicted molar refractivity (Wildman–Crippen MR) is 119 cm³/mol. The second kappa shape index (κ2) is 8.84. The number of benzene rings is 3. The molecule has 3 aromatic rings.